The van der Waals surface area contributed by atoms with Gasteiger partial charge in [-0.1, -0.05) is 39.0 Å². The SMILES string of the molecule is Cc1cc(C2(C)CC(C)(C)c3cc(O)c(C)cc32)ccc1O. The number of hydrogen-bond donors (Lipinski definition) is 2. The van der Waals surface area contributed by atoms with Crippen molar-refractivity contribution in [2.24, 2.45) is 0 Å². The molecule has 3 rings (SSSR count). The molecule has 1 atom stereocenters. The van der Waals surface area contributed by atoms with Gasteiger partial charge in [0.2, 0.25) is 0 Å². The molecule has 2 N–H and O–H groups in total. The second-order valence-corrected chi connectivity index (χ2v) is 7.58. The Morgan fingerprint density at radius 1 is 0.818 bits per heavy atom. The fraction of sp³-hybridized carbons (Fsp3) is 0.400. The van der Waals surface area contributed by atoms with Gasteiger partial charge in [-0.2, -0.15) is 0 Å². The van der Waals surface area contributed by atoms with Gasteiger partial charge in [0.1, 0.15) is 11.5 Å². The molecule has 1 aliphatic carbocycles. The van der Waals surface area contributed by atoms with E-state index in [-0.39, 0.29) is 10.8 Å². The maximum absolute atomic E-state index is 10.1. The standard InChI is InChI=1S/C20H24O2/c1-12-8-14(6-7-17(12)21)20(5)11-19(3,4)15-10-18(22)13(2)9-16(15)20/h6-10,21-22H,11H2,1-5H3. The molecule has 0 amide bonds. The third-order valence-electron chi connectivity index (χ3n) is 5.29. The van der Waals surface area contributed by atoms with Gasteiger partial charge in [-0.15, -0.1) is 0 Å². The van der Waals surface area contributed by atoms with Gasteiger partial charge < -0.3 is 10.2 Å². The van der Waals surface area contributed by atoms with Gasteiger partial charge in [0, 0.05) is 5.41 Å². The number of phenols is 2. The van der Waals surface area contributed by atoms with Gasteiger partial charge in [0.15, 0.2) is 0 Å². The molecule has 0 radical (unpaired) electrons. The molecule has 0 saturated heterocycles. The summed E-state index contributed by atoms with van der Waals surface area (Å²) in [6, 6.07) is 9.96. The molecule has 0 heterocycles. The molecule has 0 fully saturated rings. The quantitative estimate of drug-likeness (QED) is 0.800. The van der Waals surface area contributed by atoms with Gasteiger partial charge in [-0.05, 0) is 65.6 Å². The summed E-state index contributed by atoms with van der Waals surface area (Å²) in [6.07, 6.45) is 0.989. The maximum atomic E-state index is 10.1. The Kier molecular flexibility index (Phi) is 3.07. The smallest absolute Gasteiger partial charge is 0.118 e. The van der Waals surface area contributed by atoms with Crippen LogP contribution in [-0.4, -0.2) is 10.2 Å². The van der Waals surface area contributed by atoms with Crippen LogP contribution in [0.5, 0.6) is 11.5 Å². The first kappa shape index (κ1) is 15.0. The molecule has 2 aromatic rings. The van der Waals surface area contributed by atoms with Crippen LogP contribution < -0.4 is 0 Å². The van der Waals surface area contributed by atoms with Crippen LogP contribution in [0.25, 0.3) is 0 Å². The van der Waals surface area contributed by atoms with E-state index < -0.39 is 0 Å². The summed E-state index contributed by atoms with van der Waals surface area (Å²) in [6.45, 7) is 10.6. The molecule has 0 saturated carbocycles. The lowest BCUT2D eigenvalue weighted by atomic mass is 9.74. The highest BCUT2D eigenvalue weighted by atomic mass is 16.3. The average Bonchev–Trinajstić information content (AvgIpc) is 2.62. The van der Waals surface area contributed by atoms with Gasteiger partial charge in [-0.25, -0.2) is 0 Å². The zero-order valence-electron chi connectivity index (χ0n) is 14.0. The Labute approximate surface area is 132 Å². The summed E-state index contributed by atoms with van der Waals surface area (Å²) in [5.41, 5.74) is 5.47. The number of aryl methyl sites for hydroxylation is 2. The first-order chi connectivity index (χ1) is 10.1. The normalized spacial score (nSPS) is 22.6. The highest BCUT2D eigenvalue weighted by molar-refractivity contribution is 5.56. The van der Waals surface area contributed by atoms with E-state index in [2.05, 4.69) is 32.9 Å². The number of phenolic OH excluding ortho intramolecular Hbond substituents is 2. The second-order valence-electron chi connectivity index (χ2n) is 7.58. The fourth-order valence-corrected chi connectivity index (χ4v) is 4.04. The first-order valence-corrected chi connectivity index (χ1v) is 7.80. The number of fused-ring (bicyclic) bond motifs is 1. The minimum absolute atomic E-state index is 0.0149. The summed E-state index contributed by atoms with van der Waals surface area (Å²) in [7, 11) is 0. The molecule has 0 aliphatic heterocycles. The van der Waals surface area contributed by atoms with Crippen molar-refractivity contribution in [3.63, 3.8) is 0 Å². The highest BCUT2D eigenvalue weighted by Crippen LogP contribution is 2.54. The Morgan fingerprint density at radius 3 is 2.09 bits per heavy atom. The van der Waals surface area contributed by atoms with Crippen molar-refractivity contribution in [1.82, 2.24) is 0 Å². The largest absolute Gasteiger partial charge is 0.508 e. The van der Waals surface area contributed by atoms with Crippen molar-refractivity contribution in [3.8, 4) is 11.5 Å². The van der Waals surface area contributed by atoms with E-state index in [1.165, 1.54) is 16.7 Å². The van der Waals surface area contributed by atoms with Crippen LogP contribution in [0.1, 0.15) is 55.0 Å². The average molecular weight is 296 g/mol. The van der Waals surface area contributed by atoms with Crippen LogP contribution in [-0.2, 0) is 10.8 Å². The second kappa shape index (κ2) is 4.52. The summed E-state index contributed by atoms with van der Waals surface area (Å²) < 4.78 is 0. The van der Waals surface area contributed by atoms with Crippen LogP contribution in [0.2, 0.25) is 0 Å². The van der Waals surface area contributed by atoms with E-state index in [0.717, 1.165) is 17.5 Å². The third kappa shape index (κ3) is 2.01. The molecule has 0 aromatic heterocycles. The predicted molar refractivity (Wildman–Crippen MR) is 89.8 cm³/mol. The monoisotopic (exact) mass is 296 g/mol. The van der Waals surface area contributed by atoms with Gasteiger partial charge >= 0.3 is 0 Å². The Bertz CT molecular complexity index is 759. The summed E-state index contributed by atoms with van der Waals surface area (Å²) in [5.74, 6) is 0.713. The molecule has 116 valence electrons. The van der Waals surface area contributed by atoms with Crippen LogP contribution in [0, 0.1) is 13.8 Å². The van der Waals surface area contributed by atoms with E-state index in [9.17, 15) is 10.2 Å². The lowest BCUT2D eigenvalue weighted by Crippen LogP contribution is -2.23. The summed E-state index contributed by atoms with van der Waals surface area (Å²) >= 11 is 0. The van der Waals surface area contributed by atoms with Crippen LogP contribution in [0.15, 0.2) is 30.3 Å². The fourth-order valence-electron chi connectivity index (χ4n) is 4.04. The maximum Gasteiger partial charge on any atom is 0.118 e. The molecular weight excluding hydrogens is 272 g/mol. The van der Waals surface area contributed by atoms with Gasteiger partial charge in [-0.3, -0.25) is 0 Å². The molecule has 0 bridgehead atoms. The molecule has 2 heteroatoms. The van der Waals surface area contributed by atoms with Crippen LogP contribution in [0.3, 0.4) is 0 Å². The summed E-state index contributed by atoms with van der Waals surface area (Å²) in [4.78, 5) is 0. The third-order valence-corrected chi connectivity index (χ3v) is 5.29. The number of aromatic hydroxyl groups is 2. The van der Waals surface area contributed by atoms with Crippen molar-refractivity contribution in [3.05, 3.63) is 58.1 Å². The Hall–Kier alpha value is -1.96. The molecule has 1 unspecified atom stereocenters. The van der Waals surface area contributed by atoms with Crippen molar-refractivity contribution in [2.75, 3.05) is 0 Å². The minimum atomic E-state index is -0.101. The first-order valence-electron chi connectivity index (χ1n) is 7.80. The topological polar surface area (TPSA) is 40.5 Å². The number of hydrogen-bond acceptors (Lipinski definition) is 2. The van der Waals surface area contributed by atoms with Gasteiger partial charge in [0.05, 0.1) is 0 Å². The number of rotatable bonds is 1. The van der Waals surface area contributed by atoms with Crippen molar-refractivity contribution >= 4 is 0 Å². The zero-order chi connectivity index (χ0) is 16.3. The molecule has 1 aliphatic rings. The van der Waals surface area contributed by atoms with E-state index >= 15 is 0 Å². The lowest BCUT2D eigenvalue weighted by Gasteiger charge is -2.29. The zero-order valence-corrected chi connectivity index (χ0v) is 14.0. The van der Waals surface area contributed by atoms with Crippen molar-refractivity contribution in [2.45, 2.75) is 51.9 Å². The summed E-state index contributed by atoms with van der Waals surface area (Å²) in [5, 5.41) is 19.9. The van der Waals surface area contributed by atoms with Crippen molar-refractivity contribution < 1.29 is 10.2 Å². The Balaban J connectivity index is 2.25. The van der Waals surface area contributed by atoms with Crippen LogP contribution in [0.4, 0.5) is 0 Å². The predicted octanol–water partition coefficient (Wildman–Crippen LogP) is 4.70. The molecule has 2 aromatic carbocycles. The molecule has 0 spiro atoms. The lowest BCUT2D eigenvalue weighted by molar-refractivity contribution is 0.422. The van der Waals surface area contributed by atoms with Gasteiger partial charge in [0.25, 0.3) is 0 Å². The molecule has 22 heavy (non-hydrogen) atoms. The van der Waals surface area contributed by atoms with Crippen molar-refractivity contribution in [1.29, 1.82) is 0 Å². The van der Waals surface area contributed by atoms with E-state index in [1.807, 2.05) is 26.0 Å². The molecule has 2 nitrogen and oxygen atoms in total. The Morgan fingerprint density at radius 2 is 1.45 bits per heavy atom. The molecular formula is C20H24O2. The minimum Gasteiger partial charge on any atom is -0.508 e. The highest BCUT2D eigenvalue weighted by Gasteiger charge is 2.46. The van der Waals surface area contributed by atoms with E-state index in [4.69, 9.17) is 0 Å². The van der Waals surface area contributed by atoms with E-state index in [1.54, 1.807) is 6.07 Å². The number of benzene rings is 2. The van der Waals surface area contributed by atoms with Crippen LogP contribution >= 0.6 is 0 Å². The van der Waals surface area contributed by atoms with E-state index in [0.29, 0.717) is 11.5 Å².